The van der Waals surface area contributed by atoms with Crippen LogP contribution in [0.25, 0.3) is 0 Å². The molecule has 1 aliphatic carbocycles. The summed E-state index contributed by atoms with van der Waals surface area (Å²) in [6, 6.07) is 0.330. The van der Waals surface area contributed by atoms with Crippen molar-refractivity contribution < 1.29 is 0 Å². The van der Waals surface area contributed by atoms with Gasteiger partial charge in [0, 0.05) is 13.0 Å². The Hall–Kier alpha value is -0.900. The van der Waals surface area contributed by atoms with Gasteiger partial charge in [-0.05, 0) is 45.1 Å². The lowest BCUT2D eigenvalue weighted by molar-refractivity contribution is 0.327. The zero-order valence-corrected chi connectivity index (χ0v) is 12.8. The summed E-state index contributed by atoms with van der Waals surface area (Å²) in [6.45, 7) is 4.49. The van der Waals surface area contributed by atoms with Gasteiger partial charge in [0.2, 0.25) is 0 Å². The van der Waals surface area contributed by atoms with E-state index in [1.54, 1.807) is 0 Å². The van der Waals surface area contributed by atoms with Gasteiger partial charge < -0.3 is 9.88 Å². The summed E-state index contributed by atoms with van der Waals surface area (Å²) in [5, 5.41) is 12.6. The molecule has 2 aliphatic rings. The van der Waals surface area contributed by atoms with Crippen LogP contribution in [0.3, 0.4) is 0 Å². The molecule has 4 heteroatoms. The van der Waals surface area contributed by atoms with Crippen molar-refractivity contribution in [3.8, 4) is 0 Å². The van der Waals surface area contributed by atoms with Crippen LogP contribution in [0.15, 0.2) is 0 Å². The molecule has 2 heterocycles. The van der Waals surface area contributed by atoms with Gasteiger partial charge in [-0.15, -0.1) is 10.2 Å². The lowest BCUT2D eigenvalue weighted by Gasteiger charge is -2.24. The van der Waals surface area contributed by atoms with Crippen LogP contribution >= 0.6 is 0 Å². The standard InChI is InChI=1S/C16H28N4/c1-13(17-12-14-8-4-2-5-9-14)16-19-18-15-10-6-3-7-11-20(15)16/h13-14,17H,2-12H2,1H3. The van der Waals surface area contributed by atoms with Crippen LogP contribution in [0, 0.1) is 5.92 Å². The fourth-order valence-corrected chi connectivity index (χ4v) is 3.65. The molecule has 0 bridgehead atoms. The summed E-state index contributed by atoms with van der Waals surface area (Å²) in [4.78, 5) is 0. The average molecular weight is 276 g/mol. The van der Waals surface area contributed by atoms with Crippen molar-refractivity contribution in [1.29, 1.82) is 0 Å². The van der Waals surface area contributed by atoms with Crippen LogP contribution in [0.1, 0.15) is 76.0 Å². The first-order chi connectivity index (χ1) is 9.84. The summed E-state index contributed by atoms with van der Waals surface area (Å²) >= 11 is 0. The van der Waals surface area contributed by atoms with E-state index in [1.165, 1.54) is 57.2 Å². The molecule has 0 amide bonds. The second-order valence-corrected chi connectivity index (χ2v) is 6.57. The monoisotopic (exact) mass is 276 g/mol. The van der Waals surface area contributed by atoms with Crippen LogP contribution in [-0.4, -0.2) is 21.3 Å². The van der Waals surface area contributed by atoms with E-state index < -0.39 is 0 Å². The van der Waals surface area contributed by atoms with E-state index in [4.69, 9.17) is 0 Å². The highest BCUT2D eigenvalue weighted by atomic mass is 15.3. The number of nitrogens with zero attached hydrogens (tertiary/aromatic N) is 3. The molecule has 1 atom stereocenters. The van der Waals surface area contributed by atoms with Crippen molar-refractivity contribution in [2.24, 2.45) is 5.92 Å². The molecule has 20 heavy (non-hydrogen) atoms. The smallest absolute Gasteiger partial charge is 0.149 e. The molecule has 1 aromatic heterocycles. The fourth-order valence-electron chi connectivity index (χ4n) is 3.65. The zero-order chi connectivity index (χ0) is 13.8. The first-order valence-corrected chi connectivity index (χ1v) is 8.50. The SMILES string of the molecule is CC(NCC1CCCCC1)c1nnc2n1CCCCC2. The van der Waals surface area contributed by atoms with Gasteiger partial charge in [-0.1, -0.05) is 25.7 Å². The lowest BCUT2D eigenvalue weighted by Crippen LogP contribution is -2.29. The first kappa shape index (κ1) is 14.1. The maximum atomic E-state index is 4.45. The molecular formula is C16H28N4. The van der Waals surface area contributed by atoms with Crippen molar-refractivity contribution in [2.75, 3.05) is 6.54 Å². The van der Waals surface area contributed by atoms with Crippen molar-refractivity contribution >= 4 is 0 Å². The van der Waals surface area contributed by atoms with Crippen molar-refractivity contribution in [3.05, 3.63) is 11.6 Å². The van der Waals surface area contributed by atoms with E-state index >= 15 is 0 Å². The van der Waals surface area contributed by atoms with Gasteiger partial charge in [-0.3, -0.25) is 0 Å². The van der Waals surface area contributed by atoms with Crippen LogP contribution in [0.5, 0.6) is 0 Å². The number of aromatic nitrogens is 3. The Morgan fingerprint density at radius 3 is 2.75 bits per heavy atom. The molecule has 0 spiro atoms. The third kappa shape index (κ3) is 3.22. The molecule has 1 aromatic rings. The Labute approximate surface area is 122 Å². The van der Waals surface area contributed by atoms with E-state index in [2.05, 4.69) is 27.0 Å². The topological polar surface area (TPSA) is 42.7 Å². The van der Waals surface area contributed by atoms with Crippen LogP contribution in [-0.2, 0) is 13.0 Å². The van der Waals surface area contributed by atoms with Crippen molar-refractivity contribution in [2.45, 2.75) is 77.3 Å². The molecular weight excluding hydrogens is 248 g/mol. The fraction of sp³-hybridized carbons (Fsp3) is 0.875. The highest BCUT2D eigenvalue weighted by Gasteiger charge is 2.20. The maximum Gasteiger partial charge on any atom is 0.149 e. The van der Waals surface area contributed by atoms with E-state index in [1.807, 2.05) is 0 Å². The molecule has 0 radical (unpaired) electrons. The Kier molecular flexibility index (Phi) is 4.71. The zero-order valence-electron chi connectivity index (χ0n) is 12.8. The quantitative estimate of drug-likeness (QED) is 0.918. The minimum Gasteiger partial charge on any atom is -0.314 e. The lowest BCUT2D eigenvalue weighted by atomic mass is 9.89. The van der Waals surface area contributed by atoms with E-state index in [0.717, 1.165) is 31.3 Å². The number of hydrogen-bond donors (Lipinski definition) is 1. The van der Waals surface area contributed by atoms with Gasteiger partial charge in [0.25, 0.3) is 0 Å². The first-order valence-electron chi connectivity index (χ1n) is 8.50. The number of hydrogen-bond acceptors (Lipinski definition) is 3. The number of nitrogens with one attached hydrogen (secondary N) is 1. The highest BCUT2D eigenvalue weighted by molar-refractivity contribution is 5.02. The predicted molar refractivity (Wildman–Crippen MR) is 80.6 cm³/mol. The third-order valence-electron chi connectivity index (χ3n) is 4.96. The molecule has 0 aromatic carbocycles. The van der Waals surface area contributed by atoms with Gasteiger partial charge in [0.15, 0.2) is 0 Å². The molecule has 1 fully saturated rings. The van der Waals surface area contributed by atoms with E-state index in [0.29, 0.717) is 6.04 Å². The van der Waals surface area contributed by atoms with Crippen LogP contribution < -0.4 is 5.32 Å². The average Bonchev–Trinajstić information content (AvgIpc) is 2.75. The molecule has 1 N–H and O–H groups in total. The number of rotatable bonds is 4. The summed E-state index contributed by atoms with van der Waals surface area (Å²) in [7, 11) is 0. The summed E-state index contributed by atoms with van der Waals surface area (Å²) in [6.07, 6.45) is 12.0. The molecule has 1 unspecified atom stereocenters. The maximum absolute atomic E-state index is 4.45. The summed E-state index contributed by atoms with van der Waals surface area (Å²) < 4.78 is 2.37. The summed E-state index contributed by atoms with van der Waals surface area (Å²) in [5.74, 6) is 3.22. The molecule has 4 nitrogen and oxygen atoms in total. The predicted octanol–water partition coefficient (Wildman–Crippen LogP) is 3.24. The molecule has 112 valence electrons. The Morgan fingerprint density at radius 1 is 1.10 bits per heavy atom. The van der Waals surface area contributed by atoms with E-state index in [-0.39, 0.29) is 0 Å². The molecule has 1 aliphatic heterocycles. The highest BCUT2D eigenvalue weighted by Crippen LogP contribution is 2.24. The van der Waals surface area contributed by atoms with Gasteiger partial charge in [0.05, 0.1) is 6.04 Å². The van der Waals surface area contributed by atoms with Gasteiger partial charge in [0.1, 0.15) is 11.6 Å². The second kappa shape index (κ2) is 6.70. The largest absolute Gasteiger partial charge is 0.314 e. The number of aryl methyl sites for hydroxylation is 1. The van der Waals surface area contributed by atoms with Gasteiger partial charge in [-0.25, -0.2) is 0 Å². The van der Waals surface area contributed by atoms with E-state index in [9.17, 15) is 0 Å². The Bertz CT molecular complexity index is 420. The number of fused-ring (bicyclic) bond motifs is 1. The Morgan fingerprint density at radius 2 is 1.90 bits per heavy atom. The van der Waals surface area contributed by atoms with Crippen LogP contribution in [0.2, 0.25) is 0 Å². The molecule has 1 saturated carbocycles. The normalized spacial score (nSPS) is 22.2. The van der Waals surface area contributed by atoms with Crippen molar-refractivity contribution in [1.82, 2.24) is 20.1 Å². The minimum atomic E-state index is 0.330. The Balaban J connectivity index is 1.59. The summed E-state index contributed by atoms with van der Waals surface area (Å²) in [5.41, 5.74) is 0. The molecule has 0 saturated heterocycles. The third-order valence-corrected chi connectivity index (χ3v) is 4.96. The van der Waals surface area contributed by atoms with Gasteiger partial charge >= 0.3 is 0 Å². The second-order valence-electron chi connectivity index (χ2n) is 6.57. The van der Waals surface area contributed by atoms with Crippen LogP contribution in [0.4, 0.5) is 0 Å². The molecule has 3 rings (SSSR count). The van der Waals surface area contributed by atoms with Gasteiger partial charge in [-0.2, -0.15) is 0 Å². The minimum absolute atomic E-state index is 0.330. The van der Waals surface area contributed by atoms with Crippen molar-refractivity contribution in [3.63, 3.8) is 0 Å².